The second-order valence-corrected chi connectivity index (χ2v) is 4.48. The maximum Gasteiger partial charge on any atom is 0.258 e. The van der Waals surface area contributed by atoms with Crippen LogP contribution in [0, 0.1) is 0 Å². The number of anilines is 1. The van der Waals surface area contributed by atoms with Gasteiger partial charge in [-0.3, -0.25) is 9.59 Å². The molecule has 5 heteroatoms. The van der Waals surface area contributed by atoms with Crippen LogP contribution in [0.1, 0.15) is 10.4 Å². The summed E-state index contributed by atoms with van der Waals surface area (Å²) in [6.07, 6.45) is 0. The van der Waals surface area contributed by atoms with Gasteiger partial charge in [-0.25, -0.2) is 0 Å². The molecule has 0 aliphatic rings. The Kier molecular flexibility index (Phi) is 4.56. The van der Waals surface area contributed by atoms with Gasteiger partial charge in [-0.2, -0.15) is 0 Å². The molecule has 0 bridgehead atoms. The summed E-state index contributed by atoms with van der Waals surface area (Å²) in [7, 11) is 1.70. The second-order valence-electron chi connectivity index (χ2n) is 4.48. The number of nitrogens with two attached hydrogens (primary N) is 1. The molecule has 0 fully saturated rings. The molecule has 0 aliphatic heterocycles. The van der Waals surface area contributed by atoms with E-state index in [1.165, 1.54) is 0 Å². The zero-order valence-electron chi connectivity index (χ0n) is 11.7. The van der Waals surface area contributed by atoms with Crippen LogP contribution < -0.4 is 15.4 Å². The molecule has 0 spiro atoms. The number of carbonyl (C=O) groups excluding carboxylic acids is 2. The fraction of sp³-hybridized carbons (Fsp3) is 0.125. The first-order valence-corrected chi connectivity index (χ1v) is 6.42. The van der Waals surface area contributed by atoms with Crippen LogP contribution in [0.5, 0.6) is 5.75 Å². The zero-order valence-corrected chi connectivity index (χ0v) is 11.7. The monoisotopic (exact) mass is 284 g/mol. The Bertz CT molecular complexity index is 641. The van der Waals surface area contributed by atoms with Gasteiger partial charge in [-0.05, 0) is 30.3 Å². The van der Waals surface area contributed by atoms with Crippen molar-refractivity contribution in [1.29, 1.82) is 0 Å². The first kappa shape index (κ1) is 14.6. The van der Waals surface area contributed by atoms with Gasteiger partial charge in [-0.15, -0.1) is 0 Å². The van der Waals surface area contributed by atoms with Gasteiger partial charge in [0, 0.05) is 18.3 Å². The van der Waals surface area contributed by atoms with E-state index in [4.69, 9.17) is 10.5 Å². The average Bonchev–Trinajstić information content (AvgIpc) is 2.52. The van der Waals surface area contributed by atoms with Crippen LogP contribution in [-0.2, 0) is 4.79 Å². The molecule has 0 unspecified atom stereocenters. The average molecular weight is 284 g/mol. The minimum absolute atomic E-state index is 0.161. The van der Waals surface area contributed by atoms with E-state index in [1.807, 2.05) is 30.3 Å². The molecule has 2 aromatic rings. The first-order valence-electron chi connectivity index (χ1n) is 6.42. The minimum Gasteiger partial charge on any atom is -0.484 e. The molecule has 108 valence electrons. The van der Waals surface area contributed by atoms with Crippen LogP contribution in [0.25, 0.3) is 0 Å². The normalized spacial score (nSPS) is 9.95. The lowest BCUT2D eigenvalue weighted by molar-refractivity contribution is -0.119. The number of hydrogen-bond acceptors (Lipinski definition) is 3. The largest absolute Gasteiger partial charge is 0.484 e. The number of carbonyl (C=O) groups is 2. The van der Waals surface area contributed by atoms with E-state index < -0.39 is 5.91 Å². The Morgan fingerprint density at radius 1 is 1.10 bits per heavy atom. The molecule has 2 rings (SSSR count). The van der Waals surface area contributed by atoms with Crippen molar-refractivity contribution in [1.82, 2.24) is 0 Å². The van der Waals surface area contributed by atoms with Crippen LogP contribution in [0.2, 0.25) is 0 Å². The van der Waals surface area contributed by atoms with Gasteiger partial charge < -0.3 is 15.4 Å². The highest BCUT2D eigenvalue weighted by Crippen LogP contribution is 2.18. The lowest BCUT2D eigenvalue weighted by Crippen LogP contribution is -2.26. The SMILES string of the molecule is CN(C(=O)c1cccc(OCC(N)=O)c1)c1ccccc1. The van der Waals surface area contributed by atoms with Crippen LogP contribution >= 0.6 is 0 Å². The van der Waals surface area contributed by atoms with Gasteiger partial charge in [0.15, 0.2) is 6.61 Å². The molecular weight excluding hydrogens is 268 g/mol. The lowest BCUT2D eigenvalue weighted by Gasteiger charge is -2.17. The molecular formula is C16H16N2O3. The van der Waals surface area contributed by atoms with E-state index in [0.29, 0.717) is 11.3 Å². The predicted octanol–water partition coefficient (Wildman–Crippen LogP) is 1.83. The van der Waals surface area contributed by atoms with Gasteiger partial charge in [0.25, 0.3) is 11.8 Å². The Labute approximate surface area is 122 Å². The molecule has 0 saturated heterocycles. The minimum atomic E-state index is -0.562. The molecule has 0 heterocycles. The van der Waals surface area contributed by atoms with E-state index >= 15 is 0 Å². The maximum atomic E-state index is 12.4. The molecule has 0 atom stereocenters. The van der Waals surface area contributed by atoms with Crippen molar-refractivity contribution in [3.8, 4) is 5.75 Å². The molecule has 2 N–H and O–H groups in total. The molecule has 21 heavy (non-hydrogen) atoms. The Morgan fingerprint density at radius 3 is 2.48 bits per heavy atom. The Hall–Kier alpha value is -2.82. The number of ether oxygens (including phenoxy) is 1. The fourth-order valence-electron chi connectivity index (χ4n) is 1.84. The van der Waals surface area contributed by atoms with E-state index in [1.54, 1.807) is 36.2 Å². The van der Waals surface area contributed by atoms with Crippen LogP contribution in [-0.4, -0.2) is 25.5 Å². The van der Waals surface area contributed by atoms with Crippen molar-refractivity contribution in [3.05, 3.63) is 60.2 Å². The van der Waals surface area contributed by atoms with Crippen molar-refractivity contribution in [2.24, 2.45) is 5.73 Å². The summed E-state index contributed by atoms with van der Waals surface area (Å²) in [5.41, 5.74) is 6.30. The molecule has 0 radical (unpaired) electrons. The third-order valence-corrected chi connectivity index (χ3v) is 2.91. The quantitative estimate of drug-likeness (QED) is 0.910. The summed E-state index contributed by atoms with van der Waals surface area (Å²) in [6.45, 7) is -0.216. The van der Waals surface area contributed by atoms with E-state index in [9.17, 15) is 9.59 Å². The molecule has 2 amide bonds. The highest BCUT2D eigenvalue weighted by molar-refractivity contribution is 6.05. The molecule has 5 nitrogen and oxygen atoms in total. The van der Waals surface area contributed by atoms with Crippen molar-refractivity contribution in [2.75, 3.05) is 18.6 Å². The summed E-state index contributed by atoms with van der Waals surface area (Å²) in [5, 5.41) is 0. The third kappa shape index (κ3) is 3.82. The number of benzene rings is 2. The summed E-state index contributed by atoms with van der Waals surface area (Å²) in [6, 6.07) is 16.0. The van der Waals surface area contributed by atoms with Gasteiger partial charge in [0.2, 0.25) is 0 Å². The first-order chi connectivity index (χ1) is 10.1. The summed E-state index contributed by atoms with van der Waals surface area (Å²) in [5.74, 6) is -0.292. The van der Waals surface area contributed by atoms with E-state index in [0.717, 1.165) is 5.69 Å². The van der Waals surface area contributed by atoms with Crippen molar-refractivity contribution < 1.29 is 14.3 Å². The highest BCUT2D eigenvalue weighted by atomic mass is 16.5. The molecule has 2 aromatic carbocycles. The third-order valence-electron chi connectivity index (χ3n) is 2.91. The number of para-hydroxylation sites is 1. The number of rotatable bonds is 5. The number of primary amides is 1. The highest BCUT2D eigenvalue weighted by Gasteiger charge is 2.13. The van der Waals surface area contributed by atoms with Crippen molar-refractivity contribution in [3.63, 3.8) is 0 Å². The van der Waals surface area contributed by atoms with Crippen molar-refractivity contribution >= 4 is 17.5 Å². The second kappa shape index (κ2) is 6.56. The summed E-state index contributed by atoms with van der Waals surface area (Å²) < 4.78 is 5.20. The number of nitrogens with zero attached hydrogens (tertiary/aromatic N) is 1. The zero-order chi connectivity index (χ0) is 15.2. The summed E-state index contributed by atoms with van der Waals surface area (Å²) >= 11 is 0. The van der Waals surface area contributed by atoms with Crippen LogP contribution in [0.3, 0.4) is 0 Å². The van der Waals surface area contributed by atoms with Gasteiger partial charge in [-0.1, -0.05) is 24.3 Å². The maximum absolute atomic E-state index is 12.4. The fourth-order valence-corrected chi connectivity index (χ4v) is 1.84. The molecule has 0 saturated carbocycles. The van der Waals surface area contributed by atoms with Gasteiger partial charge in [0.05, 0.1) is 0 Å². The van der Waals surface area contributed by atoms with Gasteiger partial charge in [0.1, 0.15) is 5.75 Å². The van der Waals surface area contributed by atoms with Crippen molar-refractivity contribution in [2.45, 2.75) is 0 Å². The van der Waals surface area contributed by atoms with Crippen LogP contribution in [0.15, 0.2) is 54.6 Å². The van der Waals surface area contributed by atoms with Crippen LogP contribution in [0.4, 0.5) is 5.69 Å². The number of hydrogen-bond donors (Lipinski definition) is 1. The van der Waals surface area contributed by atoms with Gasteiger partial charge >= 0.3 is 0 Å². The topological polar surface area (TPSA) is 72.6 Å². The predicted molar refractivity (Wildman–Crippen MR) is 80.3 cm³/mol. The Morgan fingerprint density at radius 2 is 1.81 bits per heavy atom. The Balaban J connectivity index is 2.15. The standard InChI is InChI=1S/C16H16N2O3/c1-18(13-7-3-2-4-8-13)16(20)12-6-5-9-14(10-12)21-11-15(17)19/h2-10H,11H2,1H3,(H2,17,19). The smallest absolute Gasteiger partial charge is 0.258 e. The molecule has 0 aliphatic carbocycles. The molecule has 0 aromatic heterocycles. The lowest BCUT2D eigenvalue weighted by atomic mass is 10.2. The summed E-state index contributed by atoms with van der Waals surface area (Å²) in [4.78, 5) is 24.7. The van der Waals surface area contributed by atoms with E-state index in [2.05, 4.69) is 0 Å². The number of amides is 2. The van der Waals surface area contributed by atoms with E-state index in [-0.39, 0.29) is 12.5 Å².